The molecule has 0 unspecified atom stereocenters. The van der Waals surface area contributed by atoms with Gasteiger partial charge in [0, 0.05) is 28.2 Å². The van der Waals surface area contributed by atoms with E-state index in [2.05, 4.69) is 25.6 Å². The maximum absolute atomic E-state index is 14.1. The fourth-order valence-corrected chi connectivity index (χ4v) is 4.48. The first-order valence-electron chi connectivity index (χ1n) is 8.92. The van der Waals surface area contributed by atoms with Gasteiger partial charge in [0.2, 0.25) is 10.0 Å². The number of nitrogens with zero attached hydrogens (tertiary/aromatic N) is 1. The first-order valence-corrected chi connectivity index (χ1v) is 11.2. The number of hydrogen-bond donors (Lipinski definition) is 1. The molecule has 4 rings (SSSR count). The molecule has 4 nitrogen and oxygen atoms in total. The maximum Gasteiger partial charge on any atom is 0.240 e. The Morgan fingerprint density at radius 3 is 2.43 bits per heavy atom. The van der Waals surface area contributed by atoms with Crippen molar-refractivity contribution in [2.75, 3.05) is 0 Å². The van der Waals surface area contributed by atoms with Crippen LogP contribution in [0.4, 0.5) is 8.78 Å². The van der Waals surface area contributed by atoms with Gasteiger partial charge in [-0.1, -0.05) is 46.3 Å². The predicted molar refractivity (Wildman–Crippen MR) is 115 cm³/mol. The van der Waals surface area contributed by atoms with Crippen LogP contribution in [0.1, 0.15) is 5.56 Å². The van der Waals surface area contributed by atoms with E-state index in [1.807, 2.05) is 0 Å². The van der Waals surface area contributed by atoms with Crippen LogP contribution in [-0.4, -0.2) is 13.4 Å². The lowest BCUT2D eigenvalue weighted by molar-refractivity contribution is 0.581. The van der Waals surface area contributed by atoms with Gasteiger partial charge in [0.05, 0.1) is 4.90 Å². The Morgan fingerprint density at radius 2 is 1.70 bits per heavy atom. The van der Waals surface area contributed by atoms with Crippen LogP contribution in [0.2, 0.25) is 0 Å². The number of sulfonamides is 1. The summed E-state index contributed by atoms with van der Waals surface area (Å²) in [7, 11) is -3.82. The van der Waals surface area contributed by atoms with Crippen LogP contribution in [0.3, 0.4) is 0 Å². The van der Waals surface area contributed by atoms with E-state index in [0.29, 0.717) is 26.5 Å². The molecule has 0 radical (unpaired) electrons. The van der Waals surface area contributed by atoms with Gasteiger partial charge in [0.15, 0.2) is 0 Å². The molecule has 1 heterocycles. The summed E-state index contributed by atoms with van der Waals surface area (Å²) in [5, 5.41) is 0.543. The molecule has 152 valence electrons. The highest BCUT2D eigenvalue weighted by Crippen LogP contribution is 2.27. The Labute approximate surface area is 180 Å². The van der Waals surface area contributed by atoms with Gasteiger partial charge in [-0.25, -0.2) is 21.9 Å². The largest absolute Gasteiger partial charge is 0.253 e. The second-order valence-corrected chi connectivity index (χ2v) is 9.26. The van der Waals surface area contributed by atoms with Crippen molar-refractivity contribution in [3.8, 4) is 11.1 Å². The fourth-order valence-electron chi connectivity index (χ4n) is 3.14. The smallest absolute Gasteiger partial charge is 0.240 e. The molecule has 1 aromatic heterocycles. The average molecular weight is 489 g/mol. The molecule has 8 heteroatoms. The van der Waals surface area contributed by atoms with E-state index < -0.39 is 21.7 Å². The summed E-state index contributed by atoms with van der Waals surface area (Å²) in [5.74, 6) is -0.872. The summed E-state index contributed by atoms with van der Waals surface area (Å²) < 4.78 is 56.6. The second kappa shape index (κ2) is 8.22. The van der Waals surface area contributed by atoms with Crippen molar-refractivity contribution in [2.45, 2.75) is 11.4 Å². The minimum atomic E-state index is -3.82. The molecule has 0 spiro atoms. The van der Waals surface area contributed by atoms with Crippen molar-refractivity contribution in [3.63, 3.8) is 0 Å². The van der Waals surface area contributed by atoms with Crippen molar-refractivity contribution < 1.29 is 17.2 Å². The molecule has 0 aliphatic rings. The highest BCUT2D eigenvalue weighted by atomic mass is 79.9. The monoisotopic (exact) mass is 488 g/mol. The second-order valence-electron chi connectivity index (χ2n) is 6.58. The molecule has 0 aliphatic heterocycles. The Hall–Kier alpha value is -2.68. The van der Waals surface area contributed by atoms with E-state index in [1.54, 1.807) is 42.5 Å². The van der Waals surface area contributed by atoms with Gasteiger partial charge >= 0.3 is 0 Å². The number of hydrogen-bond acceptors (Lipinski definition) is 3. The standard InChI is InChI=1S/C22H15BrF2N2O2S/c23-16-6-9-18(21(25)12-16)14-4-7-17(8-5-14)30(28,29)27-13-15-10-11-26-22-19(15)2-1-3-20(22)24/h1-12,27H,13H2. The molecular weight excluding hydrogens is 474 g/mol. The number of aromatic nitrogens is 1. The normalized spacial score (nSPS) is 11.7. The van der Waals surface area contributed by atoms with Crippen molar-refractivity contribution in [1.82, 2.24) is 9.71 Å². The van der Waals surface area contributed by atoms with Crippen molar-refractivity contribution in [2.24, 2.45) is 0 Å². The van der Waals surface area contributed by atoms with Crippen LogP contribution >= 0.6 is 15.9 Å². The summed E-state index contributed by atoms with van der Waals surface area (Å²) in [6.07, 6.45) is 1.44. The molecule has 0 fully saturated rings. The molecule has 30 heavy (non-hydrogen) atoms. The average Bonchev–Trinajstić information content (AvgIpc) is 2.73. The Bertz CT molecular complexity index is 1340. The molecule has 3 aromatic carbocycles. The summed E-state index contributed by atoms with van der Waals surface area (Å²) in [6.45, 7) is -0.0199. The minimum absolute atomic E-state index is 0.0199. The van der Waals surface area contributed by atoms with E-state index in [-0.39, 0.29) is 17.0 Å². The zero-order chi connectivity index (χ0) is 21.3. The SMILES string of the molecule is O=S(=O)(NCc1ccnc2c(F)cccc12)c1ccc(-c2ccc(Br)cc2F)cc1. The van der Waals surface area contributed by atoms with Gasteiger partial charge in [-0.3, -0.25) is 4.98 Å². The Morgan fingerprint density at radius 1 is 0.933 bits per heavy atom. The molecule has 0 saturated heterocycles. The lowest BCUT2D eigenvalue weighted by Crippen LogP contribution is -2.23. The van der Waals surface area contributed by atoms with Gasteiger partial charge in [-0.2, -0.15) is 0 Å². The number of para-hydroxylation sites is 1. The summed E-state index contributed by atoms with van der Waals surface area (Å²) in [5.41, 5.74) is 1.74. The van der Waals surface area contributed by atoms with Gasteiger partial charge in [-0.05, 0) is 47.5 Å². The van der Waals surface area contributed by atoms with E-state index in [1.165, 1.54) is 30.5 Å². The number of pyridine rings is 1. The lowest BCUT2D eigenvalue weighted by Gasteiger charge is -2.10. The van der Waals surface area contributed by atoms with Crippen LogP contribution in [0.15, 0.2) is 82.3 Å². The lowest BCUT2D eigenvalue weighted by atomic mass is 10.1. The molecule has 0 saturated carbocycles. The molecule has 0 amide bonds. The first kappa shape index (κ1) is 20.6. The number of rotatable bonds is 5. The number of fused-ring (bicyclic) bond motifs is 1. The zero-order valence-corrected chi connectivity index (χ0v) is 17.8. The van der Waals surface area contributed by atoms with Crippen LogP contribution in [0.5, 0.6) is 0 Å². The van der Waals surface area contributed by atoms with Gasteiger partial charge in [0.1, 0.15) is 17.2 Å². The van der Waals surface area contributed by atoms with Crippen molar-refractivity contribution in [3.05, 3.63) is 94.6 Å². The van der Waals surface area contributed by atoms with E-state index >= 15 is 0 Å². The summed E-state index contributed by atoms with van der Waals surface area (Å²) in [4.78, 5) is 4.06. The van der Waals surface area contributed by atoms with Crippen molar-refractivity contribution in [1.29, 1.82) is 0 Å². The number of benzene rings is 3. The zero-order valence-electron chi connectivity index (χ0n) is 15.4. The predicted octanol–water partition coefficient (Wildman–Crippen LogP) is 5.42. The number of halogens is 3. The molecule has 0 atom stereocenters. The van der Waals surface area contributed by atoms with Gasteiger partial charge in [-0.15, -0.1) is 0 Å². The third-order valence-electron chi connectivity index (χ3n) is 4.67. The van der Waals surface area contributed by atoms with Crippen LogP contribution in [0, 0.1) is 11.6 Å². The third-order valence-corrected chi connectivity index (χ3v) is 6.58. The molecule has 0 aliphatic carbocycles. The quantitative estimate of drug-likeness (QED) is 0.407. The first-order chi connectivity index (χ1) is 14.3. The minimum Gasteiger partial charge on any atom is -0.253 e. The van der Waals surface area contributed by atoms with Crippen molar-refractivity contribution >= 4 is 36.9 Å². The van der Waals surface area contributed by atoms with E-state index in [9.17, 15) is 17.2 Å². The molecular formula is C22H15BrF2N2O2S. The molecule has 1 N–H and O–H groups in total. The summed E-state index contributed by atoms with van der Waals surface area (Å²) >= 11 is 3.21. The third kappa shape index (κ3) is 4.12. The topological polar surface area (TPSA) is 59.1 Å². The van der Waals surface area contributed by atoms with E-state index in [4.69, 9.17) is 0 Å². The fraction of sp³-hybridized carbons (Fsp3) is 0.0455. The van der Waals surface area contributed by atoms with Crippen LogP contribution in [-0.2, 0) is 16.6 Å². The van der Waals surface area contributed by atoms with Crippen LogP contribution < -0.4 is 4.72 Å². The number of nitrogens with one attached hydrogen (secondary N) is 1. The van der Waals surface area contributed by atoms with Gasteiger partial charge < -0.3 is 0 Å². The molecule has 4 aromatic rings. The maximum atomic E-state index is 14.1. The van der Waals surface area contributed by atoms with Crippen LogP contribution in [0.25, 0.3) is 22.0 Å². The highest BCUT2D eigenvalue weighted by Gasteiger charge is 2.16. The van der Waals surface area contributed by atoms with Gasteiger partial charge in [0.25, 0.3) is 0 Å². The highest BCUT2D eigenvalue weighted by molar-refractivity contribution is 9.10. The summed E-state index contributed by atoms with van der Waals surface area (Å²) in [6, 6.07) is 16.8. The van der Waals surface area contributed by atoms with E-state index in [0.717, 1.165) is 0 Å². The Kier molecular flexibility index (Phi) is 5.64. The molecule has 0 bridgehead atoms. The Balaban J connectivity index is 1.57.